The van der Waals surface area contributed by atoms with Crippen molar-refractivity contribution in [3.05, 3.63) is 88.4 Å². The van der Waals surface area contributed by atoms with Crippen molar-refractivity contribution in [3.63, 3.8) is 0 Å². The predicted octanol–water partition coefficient (Wildman–Crippen LogP) is 4.94. The average Bonchev–Trinajstić information content (AvgIpc) is 3.49. The second-order valence-electron chi connectivity index (χ2n) is 16.3. The number of piperidine rings is 3. The van der Waals surface area contributed by atoms with E-state index < -0.39 is 47.1 Å². The number of aromatic nitrogens is 1. The number of amides is 5. The van der Waals surface area contributed by atoms with Gasteiger partial charge in [0.15, 0.2) is 5.69 Å². The van der Waals surface area contributed by atoms with Gasteiger partial charge in [-0.05, 0) is 93.1 Å². The van der Waals surface area contributed by atoms with Gasteiger partial charge in [-0.25, -0.2) is 9.83 Å². The number of hydrogen-bond donors (Lipinski definition) is 2. The molecule has 0 spiro atoms. The number of fused-ring (bicyclic) bond motifs is 1. The monoisotopic (exact) mass is 825 g/mol. The first kappa shape index (κ1) is 40.9. The van der Waals surface area contributed by atoms with Gasteiger partial charge in [0.25, 0.3) is 11.8 Å². The Labute approximate surface area is 345 Å². The van der Waals surface area contributed by atoms with Gasteiger partial charge in [-0.1, -0.05) is 12.1 Å². The number of hydrogen-bond acceptors (Lipinski definition) is 10. The highest BCUT2D eigenvalue weighted by molar-refractivity contribution is 6.23. The van der Waals surface area contributed by atoms with Crippen LogP contribution in [-0.2, 0) is 27.1 Å². The molecule has 5 aliphatic heterocycles. The van der Waals surface area contributed by atoms with Crippen molar-refractivity contribution in [2.45, 2.75) is 57.3 Å². The number of anilines is 3. The van der Waals surface area contributed by atoms with E-state index >= 15 is 0 Å². The van der Waals surface area contributed by atoms with Crippen LogP contribution in [-0.4, -0.2) is 114 Å². The third-order valence-corrected chi connectivity index (χ3v) is 12.5. The van der Waals surface area contributed by atoms with Gasteiger partial charge in [-0.15, -0.1) is 0 Å². The Bertz CT molecular complexity index is 2200. The van der Waals surface area contributed by atoms with Gasteiger partial charge in [0, 0.05) is 82.3 Å². The fraction of sp³-hybridized carbons (Fsp3) is 0.465. The highest BCUT2D eigenvalue weighted by atomic mass is 19.4. The summed E-state index contributed by atoms with van der Waals surface area (Å²) in [6.07, 6.45) is 0.518. The molecule has 0 aliphatic carbocycles. The molecule has 8 rings (SSSR count). The van der Waals surface area contributed by atoms with Crippen LogP contribution in [0.15, 0.2) is 54.7 Å². The zero-order valence-corrected chi connectivity index (χ0v) is 33.0. The number of carbonyl (C=O) groups is 5. The smallest absolute Gasteiger partial charge is 0.372 e. The van der Waals surface area contributed by atoms with Gasteiger partial charge in [0.2, 0.25) is 17.7 Å². The van der Waals surface area contributed by atoms with Crippen LogP contribution in [0.3, 0.4) is 0 Å². The Morgan fingerprint density at radius 2 is 1.48 bits per heavy atom. The number of halogens is 3. The summed E-state index contributed by atoms with van der Waals surface area (Å²) in [4.78, 5) is 81.0. The SMILES string of the molecule is [C-]#[N+]c1ccc(N2CCC(C(=O)Nc3ccc(CN4CCC(CN5CCN(c6ccc7c(c6)C(=O)N(C6CCC(=O)NC6=O)C7=O)CC5)CC4)cn3)CC2)cc1C(F)(F)F. The standard InChI is InChI=1S/C43H46F3N9O5/c1-47-35-6-4-31(23-34(35)43(44,45)46)53-16-12-29(13-17-53)39(57)49-37-8-2-28(24-48-37)26-51-14-10-27(11-15-51)25-52-18-20-54(21-19-52)30-3-5-32-33(22-30)42(60)55(41(32)59)36-7-9-38(56)50-40(36)58/h2-6,8,22-24,27,29,36H,7,9-21,25-26H2,(H,48,49,57)(H,50,56,58). The molecule has 314 valence electrons. The van der Waals surface area contributed by atoms with E-state index in [0.29, 0.717) is 48.9 Å². The molecule has 0 bridgehead atoms. The van der Waals surface area contributed by atoms with Crippen LogP contribution in [0, 0.1) is 18.4 Å². The molecule has 0 saturated carbocycles. The maximum Gasteiger partial charge on any atom is 0.407 e. The molecule has 1 aromatic heterocycles. The van der Waals surface area contributed by atoms with Crippen LogP contribution in [0.4, 0.5) is 36.1 Å². The van der Waals surface area contributed by atoms with Crippen LogP contribution in [0.25, 0.3) is 4.85 Å². The first-order valence-corrected chi connectivity index (χ1v) is 20.5. The predicted molar refractivity (Wildman–Crippen MR) is 215 cm³/mol. The maximum atomic E-state index is 13.5. The second-order valence-corrected chi connectivity index (χ2v) is 16.3. The van der Waals surface area contributed by atoms with E-state index in [0.717, 1.165) is 87.4 Å². The van der Waals surface area contributed by atoms with Crippen LogP contribution >= 0.6 is 0 Å². The summed E-state index contributed by atoms with van der Waals surface area (Å²) < 4.78 is 40.4. The Morgan fingerprint density at radius 3 is 2.15 bits per heavy atom. The number of piperazine rings is 1. The third kappa shape index (κ3) is 8.71. The Kier molecular flexibility index (Phi) is 11.6. The van der Waals surface area contributed by atoms with Crippen molar-refractivity contribution in [3.8, 4) is 0 Å². The van der Waals surface area contributed by atoms with Gasteiger partial charge in [0.1, 0.15) is 11.9 Å². The normalized spacial score (nSPS) is 21.2. The zero-order chi connectivity index (χ0) is 42.1. The summed E-state index contributed by atoms with van der Waals surface area (Å²) in [5.74, 6) is -1.42. The molecular weight excluding hydrogens is 780 g/mol. The highest BCUT2D eigenvalue weighted by Crippen LogP contribution is 2.39. The number of likely N-dealkylation sites (tertiary alicyclic amines) is 1. The molecule has 3 aromatic rings. The fourth-order valence-electron chi connectivity index (χ4n) is 9.06. The Morgan fingerprint density at radius 1 is 0.800 bits per heavy atom. The summed E-state index contributed by atoms with van der Waals surface area (Å²) in [5.41, 5.74) is 1.52. The van der Waals surface area contributed by atoms with E-state index in [9.17, 15) is 37.1 Å². The number of nitrogens with zero attached hydrogens (tertiary/aromatic N) is 7. The number of alkyl halides is 3. The largest absolute Gasteiger partial charge is 0.407 e. The first-order chi connectivity index (χ1) is 28.8. The number of rotatable bonds is 9. The molecule has 5 aliphatic rings. The van der Waals surface area contributed by atoms with Crippen LogP contribution in [0.2, 0.25) is 0 Å². The maximum absolute atomic E-state index is 13.5. The number of carbonyl (C=O) groups excluding carboxylic acids is 5. The molecule has 1 atom stereocenters. The lowest BCUT2D eigenvalue weighted by atomic mass is 9.95. The van der Waals surface area contributed by atoms with E-state index in [1.165, 1.54) is 12.1 Å². The lowest BCUT2D eigenvalue weighted by Crippen LogP contribution is -2.54. The summed E-state index contributed by atoms with van der Waals surface area (Å²) in [5, 5.41) is 5.14. The number of pyridine rings is 1. The molecule has 2 N–H and O–H groups in total. The molecule has 0 radical (unpaired) electrons. The van der Waals surface area contributed by atoms with Gasteiger partial charge >= 0.3 is 6.18 Å². The molecule has 4 fully saturated rings. The lowest BCUT2D eigenvalue weighted by Gasteiger charge is -2.39. The Balaban J connectivity index is 0.745. The minimum atomic E-state index is -4.62. The minimum Gasteiger partial charge on any atom is -0.372 e. The summed E-state index contributed by atoms with van der Waals surface area (Å²) in [6, 6.07) is 11.8. The first-order valence-electron chi connectivity index (χ1n) is 20.5. The van der Waals surface area contributed by atoms with Crippen molar-refractivity contribution in [2.24, 2.45) is 11.8 Å². The third-order valence-electron chi connectivity index (χ3n) is 12.5. The molecule has 14 nitrogen and oxygen atoms in total. The van der Waals surface area contributed by atoms with Crippen LogP contribution < -0.4 is 20.4 Å². The molecule has 1 unspecified atom stereocenters. The van der Waals surface area contributed by atoms with E-state index in [4.69, 9.17) is 6.57 Å². The topological polar surface area (TPSA) is 143 Å². The Hall–Kier alpha value is -5.86. The van der Waals surface area contributed by atoms with Gasteiger partial charge < -0.3 is 15.1 Å². The summed E-state index contributed by atoms with van der Waals surface area (Å²) in [7, 11) is 0. The number of imide groups is 2. The minimum absolute atomic E-state index is 0.0800. The van der Waals surface area contributed by atoms with Gasteiger partial charge in [0.05, 0.1) is 23.3 Å². The van der Waals surface area contributed by atoms with E-state index in [-0.39, 0.29) is 30.2 Å². The number of benzene rings is 2. The molecule has 5 amide bonds. The highest BCUT2D eigenvalue weighted by Gasteiger charge is 2.45. The van der Waals surface area contributed by atoms with Crippen molar-refractivity contribution in [1.82, 2.24) is 25.0 Å². The molecule has 17 heteroatoms. The molecular formula is C43H46F3N9O5. The molecule has 60 heavy (non-hydrogen) atoms. The van der Waals surface area contributed by atoms with Crippen molar-refractivity contribution in [1.29, 1.82) is 0 Å². The van der Waals surface area contributed by atoms with Crippen molar-refractivity contribution < 1.29 is 37.1 Å². The van der Waals surface area contributed by atoms with Gasteiger partial charge in [-0.2, -0.15) is 13.2 Å². The van der Waals surface area contributed by atoms with Crippen molar-refractivity contribution in [2.75, 3.05) is 74.0 Å². The quantitative estimate of drug-likeness (QED) is 0.225. The van der Waals surface area contributed by atoms with Gasteiger partial charge in [-0.3, -0.25) is 44.0 Å². The summed E-state index contributed by atoms with van der Waals surface area (Å²) >= 11 is 0. The zero-order valence-electron chi connectivity index (χ0n) is 33.0. The molecule has 6 heterocycles. The number of nitrogens with one attached hydrogen (secondary N) is 2. The van der Waals surface area contributed by atoms with Crippen molar-refractivity contribution >= 4 is 52.4 Å². The van der Waals surface area contributed by atoms with E-state index in [1.54, 1.807) is 18.3 Å². The summed E-state index contributed by atoms with van der Waals surface area (Å²) in [6.45, 7) is 15.0. The second kappa shape index (κ2) is 17.0. The van der Waals surface area contributed by atoms with E-state index in [1.807, 2.05) is 23.1 Å². The molecule has 4 saturated heterocycles. The lowest BCUT2D eigenvalue weighted by molar-refractivity contribution is -0.137. The van der Waals surface area contributed by atoms with Crippen LogP contribution in [0.1, 0.15) is 70.4 Å². The fourth-order valence-corrected chi connectivity index (χ4v) is 9.06. The molecule has 2 aromatic carbocycles. The van der Waals surface area contributed by atoms with Crippen LogP contribution in [0.5, 0.6) is 0 Å². The van der Waals surface area contributed by atoms with E-state index in [2.05, 4.69) is 35.2 Å². The average molecular weight is 826 g/mol.